The van der Waals surface area contributed by atoms with Gasteiger partial charge in [0.05, 0.1) is 9.74 Å². The standard InChI is InChI=1S/C21H16F3NS2/c22-16-9-5-14(6-10-16)21(27-13-20(25)26,15-7-11-17(23)12-8-15)18-3-1-2-4-19(18)24/h1-12H,13H2,(H2,25,26). The first-order valence-electron chi connectivity index (χ1n) is 8.13. The second-order valence-electron chi connectivity index (χ2n) is 5.93. The molecule has 0 spiro atoms. The average Bonchev–Trinajstić information content (AvgIpc) is 2.65. The molecular weight excluding hydrogens is 387 g/mol. The summed E-state index contributed by atoms with van der Waals surface area (Å²) in [5, 5.41) is 0. The smallest absolute Gasteiger partial charge is 0.128 e. The summed E-state index contributed by atoms with van der Waals surface area (Å²) < 4.78 is 40.9. The van der Waals surface area contributed by atoms with Crippen molar-refractivity contribution in [3.8, 4) is 0 Å². The van der Waals surface area contributed by atoms with Crippen LogP contribution in [0.2, 0.25) is 0 Å². The maximum absolute atomic E-state index is 14.9. The molecule has 0 radical (unpaired) electrons. The molecule has 3 aromatic rings. The van der Waals surface area contributed by atoms with Crippen LogP contribution in [0, 0.1) is 17.5 Å². The molecule has 3 rings (SSSR count). The molecule has 0 amide bonds. The lowest BCUT2D eigenvalue weighted by atomic mass is 9.83. The van der Waals surface area contributed by atoms with Gasteiger partial charge in [0.25, 0.3) is 0 Å². The Hall–Kier alpha value is -2.31. The first kappa shape index (κ1) is 19.5. The molecule has 0 heterocycles. The van der Waals surface area contributed by atoms with Crippen LogP contribution in [0.15, 0.2) is 72.8 Å². The number of thiocarbonyl (C=S) groups is 1. The first-order chi connectivity index (χ1) is 12.9. The van der Waals surface area contributed by atoms with Crippen LogP contribution in [0.25, 0.3) is 0 Å². The molecule has 0 saturated heterocycles. The molecule has 0 unspecified atom stereocenters. The van der Waals surface area contributed by atoms with E-state index in [1.807, 2.05) is 0 Å². The van der Waals surface area contributed by atoms with Crippen LogP contribution in [0.4, 0.5) is 13.2 Å². The Bertz CT molecular complexity index is 895. The van der Waals surface area contributed by atoms with Crippen molar-refractivity contribution in [3.05, 3.63) is 107 Å². The van der Waals surface area contributed by atoms with Gasteiger partial charge >= 0.3 is 0 Å². The number of benzene rings is 3. The first-order valence-corrected chi connectivity index (χ1v) is 9.52. The Morgan fingerprint density at radius 2 is 1.30 bits per heavy atom. The number of nitrogens with two attached hydrogens (primary N) is 1. The number of thioether (sulfide) groups is 1. The summed E-state index contributed by atoms with van der Waals surface area (Å²) in [4.78, 5) is 0.255. The highest BCUT2D eigenvalue weighted by Gasteiger charge is 2.39. The Morgan fingerprint density at radius 3 is 1.74 bits per heavy atom. The molecule has 3 aromatic carbocycles. The van der Waals surface area contributed by atoms with Crippen LogP contribution in [0.5, 0.6) is 0 Å². The van der Waals surface area contributed by atoms with Crippen molar-refractivity contribution in [2.75, 3.05) is 5.75 Å². The van der Waals surface area contributed by atoms with Crippen molar-refractivity contribution in [2.45, 2.75) is 4.75 Å². The normalized spacial score (nSPS) is 11.4. The topological polar surface area (TPSA) is 26.0 Å². The third-order valence-corrected chi connectivity index (χ3v) is 6.09. The lowest BCUT2D eigenvalue weighted by Crippen LogP contribution is -2.29. The Balaban J connectivity index is 2.33. The monoisotopic (exact) mass is 403 g/mol. The van der Waals surface area contributed by atoms with E-state index < -0.39 is 22.2 Å². The van der Waals surface area contributed by atoms with Gasteiger partial charge in [0.2, 0.25) is 0 Å². The molecular formula is C21H16F3NS2. The number of hydrogen-bond acceptors (Lipinski definition) is 2. The van der Waals surface area contributed by atoms with Gasteiger partial charge in [-0.15, -0.1) is 11.8 Å². The lowest BCUT2D eigenvalue weighted by molar-refractivity contribution is 0.598. The fraction of sp³-hybridized carbons (Fsp3) is 0.0952. The molecule has 138 valence electrons. The molecule has 27 heavy (non-hydrogen) atoms. The fourth-order valence-electron chi connectivity index (χ4n) is 3.02. The van der Waals surface area contributed by atoms with Crippen molar-refractivity contribution in [1.82, 2.24) is 0 Å². The van der Waals surface area contributed by atoms with Crippen LogP contribution in [-0.4, -0.2) is 10.7 Å². The maximum Gasteiger partial charge on any atom is 0.128 e. The van der Waals surface area contributed by atoms with Crippen molar-refractivity contribution in [1.29, 1.82) is 0 Å². The number of rotatable bonds is 6. The molecule has 0 bridgehead atoms. The van der Waals surface area contributed by atoms with Crippen LogP contribution in [0.1, 0.15) is 16.7 Å². The van der Waals surface area contributed by atoms with E-state index in [2.05, 4.69) is 0 Å². The van der Waals surface area contributed by atoms with E-state index in [1.54, 1.807) is 42.5 Å². The van der Waals surface area contributed by atoms with Gasteiger partial charge < -0.3 is 5.73 Å². The third kappa shape index (κ3) is 4.01. The van der Waals surface area contributed by atoms with Gasteiger partial charge in [-0.2, -0.15) is 0 Å². The Labute approximate surface area is 165 Å². The fourth-order valence-corrected chi connectivity index (χ4v) is 4.48. The minimum Gasteiger partial charge on any atom is -0.393 e. The molecule has 0 aromatic heterocycles. The number of hydrogen-bond donors (Lipinski definition) is 1. The molecule has 6 heteroatoms. The summed E-state index contributed by atoms with van der Waals surface area (Å²) in [7, 11) is 0. The molecule has 2 N–H and O–H groups in total. The van der Waals surface area contributed by atoms with Crippen LogP contribution in [-0.2, 0) is 4.75 Å². The quantitative estimate of drug-likeness (QED) is 0.440. The summed E-state index contributed by atoms with van der Waals surface area (Å²) >= 11 is 6.34. The molecule has 0 aliphatic carbocycles. The molecule has 1 nitrogen and oxygen atoms in total. The Morgan fingerprint density at radius 1 is 0.815 bits per heavy atom. The zero-order valence-corrected chi connectivity index (χ0v) is 15.8. The number of halogens is 3. The zero-order valence-electron chi connectivity index (χ0n) is 14.2. The highest BCUT2D eigenvalue weighted by atomic mass is 32.2. The minimum atomic E-state index is -1.07. The van der Waals surface area contributed by atoms with Gasteiger partial charge in [0.15, 0.2) is 0 Å². The SMILES string of the molecule is NC(=S)CSC(c1ccc(F)cc1)(c1ccc(F)cc1)c1ccccc1F. The van der Waals surface area contributed by atoms with Crippen LogP contribution in [0.3, 0.4) is 0 Å². The van der Waals surface area contributed by atoms with Crippen molar-refractivity contribution in [3.63, 3.8) is 0 Å². The molecule has 0 aliphatic rings. The van der Waals surface area contributed by atoms with Crippen molar-refractivity contribution < 1.29 is 13.2 Å². The molecule has 0 atom stereocenters. The predicted octanol–water partition coefficient (Wildman–Crippen LogP) is 5.42. The molecule has 0 aliphatic heterocycles. The van der Waals surface area contributed by atoms with E-state index in [4.69, 9.17) is 18.0 Å². The predicted molar refractivity (Wildman–Crippen MR) is 108 cm³/mol. The van der Waals surface area contributed by atoms with Crippen LogP contribution >= 0.6 is 24.0 Å². The van der Waals surface area contributed by atoms with Gasteiger partial charge in [-0.3, -0.25) is 0 Å². The van der Waals surface area contributed by atoms with E-state index in [0.29, 0.717) is 16.7 Å². The Kier molecular flexibility index (Phi) is 5.87. The van der Waals surface area contributed by atoms with E-state index in [9.17, 15) is 13.2 Å². The van der Waals surface area contributed by atoms with Gasteiger partial charge in [-0.05, 0) is 41.5 Å². The van der Waals surface area contributed by atoms with Gasteiger partial charge in [-0.1, -0.05) is 54.7 Å². The third-order valence-electron chi connectivity index (χ3n) is 4.19. The van der Waals surface area contributed by atoms with E-state index in [0.717, 1.165) is 0 Å². The van der Waals surface area contributed by atoms with E-state index in [1.165, 1.54) is 42.1 Å². The van der Waals surface area contributed by atoms with E-state index >= 15 is 0 Å². The lowest BCUT2D eigenvalue weighted by Gasteiger charge is -2.35. The summed E-state index contributed by atoms with van der Waals surface area (Å²) in [6, 6.07) is 18.0. The molecule has 0 saturated carbocycles. The van der Waals surface area contributed by atoms with Crippen molar-refractivity contribution in [2.24, 2.45) is 5.73 Å². The zero-order chi connectivity index (χ0) is 19.4. The van der Waals surface area contributed by atoms with Gasteiger partial charge in [0, 0.05) is 11.3 Å². The maximum atomic E-state index is 14.9. The average molecular weight is 403 g/mol. The highest BCUT2D eigenvalue weighted by Crippen LogP contribution is 2.49. The van der Waals surface area contributed by atoms with Crippen molar-refractivity contribution >= 4 is 29.0 Å². The summed E-state index contributed by atoms with van der Waals surface area (Å²) in [5.74, 6) is -0.973. The highest BCUT2D eigenvalue weighted by molar-refractivity contribution is 8.02. The minimum absolute atomic E-state index is 0.255. The van der Waals surface area contributed by atoms with Gasteiger partial charge in [0.1, 0.15) is 17.5 Å². The molecule has 0 fully saturated rings. The van der Waals surface area contributed by atoms with Crippen LogP contribution < -0.4 is 5.73 Å². The summed E-state index contributed by atoms with van der Waals surface area (Å²) in [6.45, 7) is 0. The second-order valence-corrected chi connectivity index (χ2v) is 7.64. The summed E-state index contributed by atoms with van der Waals surface area (Å²) in [6.07, 6.45) is 0. The van der Waals surface area contributed by atoms with E-state index in [-0.39, 0.29) is 10.7 Å². The van der Waals surface area contributed by atoms with Gasteiger partial charge in [-0.25, -0.2) is 13.2 Å². The summed E-state index contributed by atoms with van der Waals surface area (Å²) in [5.41, 5.74) is 7.36. The second kappa shape index (κ2) is 8.15. The largest absolute Gasteiger partial charge is 0.393 e.